The molecule has 2 atom stereocenters. The Morgan fingerprint density at radius 1 is 1.44 bits per heavy atom. The monoisotopic (exact) mass is 225 g/mol. The van der Waals surface area contributed by atoms with Gasteiger partial charge in [-0.3, -0.25) is 0 Å². The van der Waals surface area contributed by atoms with Crippen LogP contribution in [-0.2, 0) is 0 Å². The first-order chi connectivity index (χ1) is 7.70. The summed E-state index contributed by atoms with van der Waals surface area (Å²) in [6.45, 7) is 3.64. The van der Waals surface area contributed by atoms with Gasteiger partial charge in [0.1, 0.15) is 0 Å². The van der Waals surface area contributed by atoms with Crippen molar-refractivity contribution < 1.29 is 4.79 Å². The highest BCUT2D eigenvalue weighted by Gasteiger charge is 2.32. The summed E-state index contributed by atoms with van der Waals surface area (Å²) in [7, 11) is 0. The summed E-state index contributed by atoms with van der Waals surface area (Å²) in [6, 6.07) is 0.877. The van der Waals surface area contributed by atoms with E-state index >= 15 is 0 Å². The molecule has 0 aromatic carbocycles. The zero-order chi connectivity index (χ0) is 11.5. The van der Waals surface area contributed by atoms with Gasteiger partial charge in [0.25, 0.3) is 0 Å². The smallest absolute Gasteiger partial charge is 0.317 e. The molecule has 2 fully saturated rings. The van der Waals surface area contributed by atoms with E-state index in [1.807, 2.05) is 4.90 Å². The average molecular weight is 225 g/mol. The third-order valence-corrected chi connectivity index (χ3v) is 3.94. The lowest BCUT2D eigenvalue weighted by Crippen LogP contribution is -2.45. The molecule has 3 N–H and O–H groups in total. The summed E-state index contributed by atoms with van der Waals surface area (Å²) in [6.07, 6.45) is 5.86. The second-order valence-electron chi connectivity index (χ2n) is 5.27. The molecule has 0 radical (unpaired) electrons. The lowest BCUT2D eigenvalue weighted by molar-refractivity contribution is 0.191. The first kappa shape index (κ1) is 11.7. The summed E-state index contributed by atoms with van der Waals surface area (Å²) in [4.78, 5) is 14.0. The van der Waals surface area contributed by atoms with E-state index in [-0.39, 0.29) is 6.03 Å². The molecule has 0 spiro atoms. The number of carbonyl (C=O) groups is 1. The van der Waals surface area contributed by atoms with E-state index in [2.05, 4.69) is 12.2 Å². The topological polar surface area (TPSA) is 58.4 Å². The van der Waals surface area contributed by atoms with Crippen LogP contribution in [0.1, 0.15) is 39.0 Å². The number of hydrogen-bond donors (Lipinski definition) is 2. The molecule has 1 saturated heterocycles. The number of rotatable bonds is 2. The number of nitrogens with zero attached hydrogens (tertiary/aromatic N) is 1. The van der Waals surface area contributed by atoms with Crippen LogP contribution in [0.2, 0.25) is 0 Å². The lowest BCUT2D eigenvalue weighted by atomic mass is 10.1. The van der Waals surface area contributed by atoms with Crippen LogP contribution in [0.25, 0.3) is 0 Å². The van der Waals surface area contributed by atoms with Crippen LogP contribution in [0.3, 0.4) is 0 Å². The first-order valence-corrected chi connectivity index (χ1v) is 6.48. The maximum absolute atomic E-state index is 12.0. The van der Waals surface area contributed by atoms with Crippen molar-refractivity contribution in [1.29, 1.82) is 0 Å². The molecule has 1 aliphatic heterocycles. The SMILES string of the molecule is CC1CC(CN)CN1C(=O)NC1CCCC1. The predicted molar refractivity (Wildman–Crippen MR) is 64.1 cm³/mol. The van der Waals surface area contributed by atoms with Crippen molar-refractivity contribution in [2.75, 3.05) is 13.1 Å². The molecular weight excluding hydrogens is 202 g/mol. The van der Waals surface area contributed by atoms with Gasteiger partial charge in [0.15, 0.2) is 0 Å². The highest BCUT2D eigenvalue weighted by molar-refractivity contribution is 5.75. The van der Waals surface area contributed by atoms with Crippen molar-refractivity contribution in [3.63, 3.8) is 0 Å². The van der Waals surface area contributed by atoms with Crippen LogP contribution < -0.4 is 11.1 Å². The van der Waals surface area contributed by atoms with Crippen LogP contribution in [-0.4, -0.2) is 36.1 Å². The minimum absolute atomic E-state index is 0.121. The maximum atomic E-state index is 12.0. The van der Waals surface area contributed by atoms with Crippen LogP contribution >= 0.6 is 0 Å². The molecular formula is C12H23N3O. The number of hydrogen-bond acceptors (Lipinski definition) is 2. The number of nitrogens with one attached hydrogen (secondary N) is 1. The number of likely N-dealkylation sites (tertiary alicyclic amines) is 1. The predicted octanol–water partition coefficient (Wildman–Crippen LogP) is 1.31. The summed E-state index contributed by atoms with van der Waals surface area (Å²) < 4.78 is 0. The van der Waals surface area contributed by atoms with Crippen molar-refractivity contribution in [3.8, 4) is 0 Å². The molecule has 4 heteroatoms. The molecule has 2 amide bonds. The molecule has 2 aliphatic rings. The van der Waals surface area contributed by atoms with Gasteiger partial charge in [0, 0.05) is 18.6 Å². The van der Waals surface area contributed by atoms with Gasteiger partial charge in [-0.25, -0.2) is 4.79 Å². The Kier molecular flexibility index (Phi) is 3.69. The first-order valence-electron chi connectivity index (χ1n) is 6.48. The van der Waals surface area contributed by atoms with E-state index in [1.54, 1.807) is 0 Å². The van der Waals surface area contributed by atoms with E-state index < -0.39 is 0 Å². The van der Waals surface area contributed by atoms with Gasteiger partial charge in [0.2, 0.25) is 0 Å². The fourth-order valence-corrected chi connectivity index (χ4v) is 2.92. The zero-order valence-electron chi connectivity index (χ0n) is 10.1. The molecule has 4 nitrogen and oxygen atoms in total. The van der Waals surface area contributed by atoms with E-state index in [1.165, 1.54) is 12.8 Å². The Hall–Kier alpha value is -0.770. The molecule has 1 heterocycles. The third kappa shape index (κ3) is 2.48. The van der Waals surface area contributed by atoms with Crippen molar-refractivity contribution in [2.45, 2.75) is 51.1 Å². The quantitative estimate of drug-likeness (QED) is 0.744. The summed E-state index contributed by atoms with van der Waals surface area (Å²) in [5.41, 5.74) is 5.66. The normalized spacial score (nSPS) is 31.0. The molecule has 0 aromatic heterocycles. The van der Waals surface area contributed by atoms with Crippen molar-refractivity contribution >= 4 is 6.03 Å². The Labute approximate surface area is 97.6 Å². The second kappa shape index (κ2) is 5.04. The molecule has 0 aromatic rings. The van der Waals surface area contributed by atoms with Crippen molar-refractivity contribution in [1.82, 2.24) is 10.2 Å². The Bertz CT molecular complexity index is 251. The highest BCUT2D eigenvalue weighted by atomic mass is 16.2. The highest BCUT2D eigenvalue weighted by Crippen LogP contribution is 2.23. The standard InChI is InChI=1S/C12H23N3O/c1-9-6-10(7-13)8-15(9)12(16)14-11-4-2-3-5-11/h9-11H,2-8,13H2,1H3,(H,14,16). The van der Waals surface area contributed by atoms with Gasteiger partial charge >= 0.3 is 6.03 Å². The van der Waals surface area contributed by atoms with E-state index in [0.717, 1.165) is 25.8 Å². The third-order valence-electron chi connectivity index (χ3n) is 3.94. The van der Waals surface area contributed by atoms with Gasteiger partial charge in [-0.2, -0.15) is 0 Å². The van der Waals surface area contributed by atoms with Crippen LogP contribution in [0.5, 0.6) is 0 Å². The van der Waals surface area contributed by atoms with Gasteiger partial charge in [0.05, 0.1) is 0 Å². The summed E-state index contributed by atoms with van der Waals surface area (Å²) >= 11 is 0. The molecule has 92 valence electrons. The fourth-order valence-electron chi connectivity index (χ4n) is 2.92. The van der Waals surface area contributed by atoms with Crippen LogP contribution in [0.15, 0.2) is 0 Å². The largest absolute Gasteiger partial charge is 0.335 e. The number of amides is 2. The average Bonchev–Trinajstić information content (AvgIpc) is 2.87. The van der Waals surface area contributed by atoms with Crippen LogP contribution in [0, 0.1) is 5.92 Å². The molecule has 0 bridgehead atoms. The molecule has 16 heavy (non-hydrogen) atoms. The molecule has 1 saturated carbocycles. The Morgan fingerprint density at radius 2 is 2.12 bits per heavy atom. The van der Waals surface area contributed by atoms with E-state index in [4.69, 9.17) is 5.73 Å². The Balaban J connectivity index is 1.84. The zero-order valence-corrected chi connectivity index (χ0v) is 10.1. The summed E-state index contributed by atoms with van der Waals surface area (Å²) in [5.74, 6) is 0.490. The molecule has 2 rings (SSSR count). The van der Waals surface area contributed by atoms with Gasteiger partial charge in [-0.05, 0) is 38.6 Å². The van der Waals surface area contributed by atoms with Crippen LogP contribution in [0.4, 0.5) is 4.79 Å². The molecule has 2 unspecified atom stereocenters. The Morgan fingerprint density at radius 3 is 2.69 bits per heavy atom. The maximum Gasteiger partial charge on any atom is 0.317 e. The number of urea groups is 1. The van der Waals surface area contributed by atoms with Gasteiger partial charge in [-0.1, -0.05) is 12.8 Å². The minimum Gasteiger partial charge on any atom is -0.335 e. The summed E-state index contributed by atoms with van der Waals surface area (Å²) in [5, 5.41) is 3.14. The number of carbonyl (C=O) groups excluding carboxylic acids is 1. The van der Waals surface area contributed by atoms with Crippen molar-refractivity contribution in [3.05, 3.63) is 0 Å². The van der Waals surface area contributed by atoms with Gasteiger partial charge in [-0.15, -0.1) is 0 Å². The van der Waals surface area contributed by atoms with E-state index in [9.17, 15) is 4.79 Å². The fraction of sp³-hybridized carbons (Fsp3) is 0.917. The lowest BCUT2D eigenvalue weighted by Gasteiger charge is -2.24. The van der Waals surface area contributed by atoms with E-state index in [0.29, 0.717) is 24.5 Å². The molecule has 1 aliphatic carbocycles. The number of nitrogens with two attached hydrogens (primary N) is 1. The van der Waals surface area contributed by atoms with Gasteiger partial charge < -0.3 is 16.0 Å². The second-order valence-corrected chi connectivity index (χ2v) is 5.27. The minimum atomic E-state index is 0.121. The van der Waals surface area contributed by atoms with Crippen molar-refractivity contribution in [2.24, 2.45) is 11.7 Å².